The van der Waals surface area contributed by atoms with Crippen molar-refractivity contribution in [2.24, 2.45) is 5.92 Å². The zero-order valence-electron chi connectivity index (χ0n) is 7.55. The molecule has 0 aliphatic rings. The van der Waals surface area contributed by atoms with Crippen molar-refractivity contribution in [1.29, 1.82) is 0 Å². The average Bonchev–Trinajstić information content (AvgIpc) is 1.97. The van der Waals surface area contributed by atoms with Crippen molar-refractivity contribution in [3.63, 3.8) is 0 Å². The van der Waals surface area contributed by atoms with Gasteiger partial charge in [-0.05, 0) is 12.8 Å². The monoisotopic (exact) mass is 156 g/mol. The molecule has 64 valence electrons. The summed E-state index contributed by atoms with van der Waals surface area (Å²) < 4.78 is 12.2. The molecule has 0 aromatic heterocycles. The summed E-state index contributed by atoms with van der Waals surface area (Å²) in [5.74, 6) is 0.592. The van der Waals surface area contributed by atoms with Crippen LogP contribution in [0.1, 0.15) is 27.2 Å². The molecular weight excluding hydrogens is 139 g/mol. The maximum atomic E-state index is 12.2. The lowest BCUT2D eigenvalue weighted by Crippen LogP contribution is -1.84. The number of halogens is 1. The molecule has 1 unspecified atom stereocenters. The summed E-state index contributed by atoms with van der Waals surface area (Å²) in [5.41, 5.74) is 0. The second kappa shape index (κ2) is 6.14. The van der Waals surface area contributed by atoms with Gasteiger partial charge in [0.1, 0.15) is 6.17 Å². The summed E-state index contributed by atoms with van der Waals surface area (Å²) in [5, 5.41) is 0. The minimum atomic E-state index is -0.836. The second-order valence-electron chi connectivity index (χ2n) is 2.83. The van der Waals surface area contributed by atoms with Crippen LogP contribution in [0.2, 0.25) is 0 Å². The van der Waals surface area contributed by atoms with Crippen LogP contribution in [-0.4, -0.2) is 6.17 Å². The highest BCUT2D eigenvalue weighted by molar-refractivity contribution is 5.05. The molecule has 0 rings (SSSR count). The van der Waals surface area contributed by atoms with Crippen molar-refractivity contribution in [1.82, 2.24) is 0 Å². The molecule has 0 aromatic rings. The predicted octanol–water partition coefficient (Wildman–Crippen LogP) is 3.50. The third-order valence-corrected chi connectivity index (χ3v) is 1.57. The first-order valence-electron chi connectivity index (χ1n) is 4.15. The van der Waals surface area contributed by atoms with Crippen LogP contribution in [-0.2, 0) is 0 Å². The Balaban J connectivity index is 3.59. The highest BCUT2D eigenvalue weighted by Crippen LogP contribution is 2.01. The molecule has 0 fully saturated rings. The minimum absolute atomic E-state index is 0.592. The lowest BCUT2D eigenvalue weighted by Gasteiger charge is -1.96. The molecule has 0 radical (unpaired) electrons. The van der Waals surface area contributed by atoms with Crippen LogP contribution in [0.3, 0.4) is 0 Å². The molecule has 2 atom stereocenters. The van der Waals surface area contributed by atoms with Gasteiger partial charge in [0.2, 0.25) is 0 Å². The van der Waals surface area contributed by atoms with Gasteiger partial charge in [-0.3, -0.25) is 0 Å². The SMILES string of the molecule is CCC(C)/C=C\C=C\[C@H](C)F. The Kier molecular flexibility index (Phi) is 5.81. The largest absolute Gasteiger partial charge is 0.243 e. The van der Waals surface area contributed by atoms with Gasteiger partial charge >= 0.3 is 0 Å². The topological polar surface area (TPSA) is 0 Å². The Labute approximate surface area is 68.8 Å². The van der Waals surface area contributed by atoms with Crippen LogP contribution in [0, 0.1) is 5.92 Å². The van der Waals surface area contributed by atoms with Crippen LogP contribution < -0.4 is 0 Å². The lowest BCUT2D eigenvalue weighted by atomic mass is 10.1. The van der Waals surface area contributed by atoms with Crippen molar-refractivity contribution < 1.29 is 4.39 Å². The molecule has 0 aliphatic heterocycles. The normalized spacial score (nSPS) is 17.8. The van der Waals surface area contributed by atoms with Gasteiger partial charge < -0.3 is 0 Å². The van der Waals surface area contributed by atoms with Crippen molar-refractivity contribution in [3.05, 3.63) is 24.3 Å². The first kappa shape index (κ1) is 10.4. The van der Waals surface area contributed by atoms with Crippen LogP contribution in [0.25, 0.3) is 0 Å². The Morgan fingerprint density at radius 2 is 1.73 bits per heavy atom. The molecule has 11 heavy (non-hydrogen) atoms. The maximum Gasteiger partial charge on any atom is 0.116 e. The fourth-order valence-electron chi connectivity index (χ4n) is 0.607. The molecular formula is C10H17F. The standard InChI is InChI=1S/C10H17F/c1-4-9(2)7-5-6-8-10(3)11/h5-10H,4H2,1-3H3/b7-5-,8-6+/t9?,10-/m0/s1. The molecule has 0 nitrogen and oxygen atoms in total. The quantitative estimate of drug-likeness (QED) is 0.546. The summed E-state index contributed by atoms with van der Waals surface area (Å²) >= 11 is 0. The van der Waals surface area contributed by atoms with E-state index in [-0.39, 0.29) is 0 Å². The molecule has 0 bridgehead atoms. The van der Waals surface area contributed by atoms with Crippen molar-refractivity contribution in [2.75, 3.05) is 0 Å². The van der Waals surface area contributed by atoms with Crippen LogP contribution in [0.4, 0.5) is 4.39 Å². The van der Waals surface area contributed by atoms with Gasteiger partial charge in [-0.2, -0.15) is 0 Å². The van der Waals surface area contributed by atoms with Crippen molar-refractivity contribution >= 4 is 0 Å². The van der Waals surface area contributed by atoms with E-state index < -0.39 is 6.17 Å². The van der Waals surface area contributed by atoms with Gasteiger partial charge in [0.15, 0.2) is 0 Å². The van der Waals surface area contributed by atoms with Gasteiger partial charge in [0, 0.05) is 0 Å². The highest BCUT2D eigenvalue weighted by atomic mass is 19.1. The summed E-state index contributed by atoms with van der Waals surface area (Å²) in [6.45, 7) is 5.80. The number of allylic oxidation sites excluding steroid dienone is 4. The van der Waals surface area contributed by atoms with Crippen LogP contribution in [0.15, 0.2) is 24.3 Å². The Hall–Kier alpha value is -0.590. The zero-order chi connectivity index (χ0) is 8.69. The van der Waals surface area contributed by atoms with E-state index in [1.54, 1.807) is 12.2 Å². The maximum absolute atomic E-state index is 12.2. The van der Waals surface area contributed by atoms with Gasteiger partial charge in [-0.1, -0.05) is 44.6 Å². The molecule has 0 spiro atoms. The fourth-order valence-corrected chi connectivity index (χ4v) is 0.607. The summed E-state index contributed by atoms with van der Waals surface area (Å²) in [4.78, 5) is 0. The van der Waals surface area contributed by atoms with Gasteiger partial charge in [0.25, 0.3) is 0 Å². The minimum Gasteiger partial charge on any atom is -0.243 e. The van der Waals surface area contributed by atoms with Gasteiger partial charge in [-0.25, -0.2) is 4.39 Å². The van der Waals surface area contributed by atoms with E-state index in [1.165, 1.54) is 6.92 Å². The van der Waals surface area contributed by atoms with E-state index in [1.807, 2.05) is 6.08 Å². The van der Waals surface area contributed by atoms with E-state index in [2.05, 4.69) is 19.9 Å². The fraction of sp³-hybridized carbons (Fsp3) is 0.600. The molecule has 0 N–H and O–H groups in total. The van der Waals surface area contributed by atoms with E-state index in [9.17, 15) is 4.39 Å². The molecule has 0 heterocycles. The third kappa shape index (κ3) is 7.31. The zero-order valence-corrected chi connectivity index (χ0v) is 7.55. The summed E-state index contributed by atoms with van der Waals surface area (Å²) in [7, 11) is 0. The number of rotatable bonds is 4. The smallest absolute Gasteiger partial charge is 0.116 e. The number of hydrogen-bond donors (Lipinski definition) is 0. The Bertz CT molecular complexity index is 134. The van der Waals surface area contributed by atoms with E-state index in [0.717, 1.165) is 6.42 Å². The van der Waals surface area contributed by atoms with Crippen LogP contribution in [0.5, 0.6) is 0 Å². The average molecular weight is 156 g/mol. The number of alkyl halides is 1. The summed E-state index contributed by atoms with van der Waals surface area (Å²) in [6, 6.07) is 0. The second-order valence-corrected chi connectivity index (χ2v) is 2.83. The highest BCUT2D eigenvalue weighted by Gasteiger charge is 1.88. The van der Waals surface area contributed by atoms with E-state index in [4.69, 9.17) is 0 Å². The Morgan fingerprint density at radius 3 is 2.18 bits per heavy atom. The van der Waals surface area contributed by atoms with Gasteiger partial charge in [-0.15, -0.1) is 0 Å². The van der Waals surface area contributed by atoms with Gasteiger partial charge in [0.05, 0.1) is 0 Å². The third-order valence-electron chi connectivity index (χ3n) is 1.57. The number of hydrogen-bond acceptors (Lipinski definition) is 0. The van der Waals surface area contributed by atoms with Crippen LogP contribution >= 0.6 is 0 Å². The van der Waals surface area contributed by atoms with E-state index in [0.29, 0.717) is 5.92 Å². The molecule has 0 aromatic carbocycles. The molecule has 0 aliphatic carbocycles. The Morgan fingerprint density at radius 1 is 1.18 bits per heavy atom. The first-order chi connectivity index (χ1) is 5.16. The van der Waals surface area contributed by atoms with Crippen molar-refractivity contribution in [3.8, 4) is 0 Å². The predicted molar refractivity (Wildman–Crippen MR) is 48.3 cm³/mol. The first-order valence-corrected chi connectivity index (χ1v) is 4.15. The molecule has 0 saturated heterocycles. The molecule has 1 heteroatoms. The van der Waals surface area contributed by atoms with E-state index >= 15 is 0 Å². The lowest BCUT2D eigenvalue weighted by molar-refractivity contribution is 0.430. The molecule has 0 amide bonds. The molecule has 0 saturated carbocycles. The van der Waals surface area contributed by atoms with Crippen molar-refractivity contribution in [2.45, 2.75) is 33.4 Å². The summed E-state index contributed by atoms with van der Waals surface area (Å²) in [6.07, 6.45) is 7.59.